The maximum absolute atomic E-state index is 12.8. The van der Waals surface area contributed by atoms with E-state index in [-0.39, 0.29) is 11.4 Å². The van der Waals surface area contributed by atoms with Crippen LogP contribution in [0.1, 0.15) is 33.3 Å². The summed E-state index contributed by atoms with van der Waals surface area (Å²) in [5.41, 5.74) is 0.543. The van der Waals surface area contributed by atoms with Crippen LogP contribution < -0.4 is 5.32 Å². The molecule has 1 aromatic rings. The molecular weight excluding hydrogens is 394 g/mol. The molecule has 2 amide bonds. The Labute approximate surface area is 173 Å². The van der Waals surface area contributed by atoms with E-state index < -0.39 is 34.8 Å². The molecule has 154 valence electrons. The van der Waals surface area contributed by atoms with Gasteiger partial charge in [0.2, 0.25) is 0 Å². The maximum Gasteiger partial charge on any atom is 0.355 e. The van der Waals surface area contributed by atoms with Gasteiger partial charge < -0.3 is 15.3 Å². The predicted molar refractivity (Wildman–Crippen MR) is 108 cm³/mol. The largest absolute Gasteiger partial charge is 0.455 e. The van der Waals surface area contributed by atoms with Crippen molar-refractivity contribution in [3.63, 3.8) is 0 Å². The van der Waals surface area contributed by atoms with Gasteiger partial charge in [-0.2, -0.15) is 0 Å². The molecule has 3 rings (SSSR count). The third kappa shape index (κ3) is 4.14. The summed E-state index contributed by atoms with van der Waals surface area (Å²) in [6.45, 7) is 7.07. The zero-order chi connectivity index (χ0) is 21.3. The first-order valence-electron chi connectivity index (χ1n) is 9.10. The van der Waals surface area contributed by atoms with Crippen molar-refractivity contribution in [1.82, 2.24) is 10.2 Å². The normalized spacial score (nSPS) is 22.0. The zero-order valence-corrected chi connectivity index (χ0v) is 17.4. The van der Waals surface area contributed by atoms with Gasteiger partial charge in [-0.3, -0.25) is 14.5 Å². The number of esters is 1. The van der Waals surface area contributed by atoms with Gasteiger partial charge in [0.25, 0.3) is 11.8 Å². The molecule has 8 nitrogen and oxygen atoms in total. The SMILES string of the molecule is CC1=C(C(=O)OC(C)(C)C)N2C(=O)[C@@H](NC(=O)C(=NO)c3ccccc3)[C@@H]2SC1. The second-order valence-corrected chi connectivity index (χ2v) is 8.91. The van der Waals surface area contributed by atoms with E-state index in [0.29, 0.717) is 11.3 Å². The Balaban J connectivity index is 1.75. The molecule has 2 aliphatic rings. The number of nitrogens with zero attached hydrogens (tertiary/aromatic N) is 2. The first kappa shape index (κ1) is 20.9. The number of ether oxygens (including phenoxy) is 1. The van der Waals surface area contributed by atoms with Crippen molar-refractivity contribution in [2.45, 2.75) is 44.7 Å². The van der Waals surface area contributed by atoms with E-state index in [4.69, 9.17) is 4.74 Å². The number of oxime groups is 1. The van der Waals surface area contributed by atoms with Gasteiger partial charge in [-0.05, 0) is 33.3 Å². The molecule has 0 bridgehead atoms. The Kier molecular flexibility index (Phi) is 5.70. The van der Waals surface area contributed by atoms with E-state index in [0.717, 1.165) is 5.57 Å². The van der Waals surface area contributed by atoms with Crippen LogP contribution in [0, 0.1) is 0 Å². The van der Waals surface area contributed by atoms with Crippen LogP contribution in [0.2, 0.25) is 0 Å². The number of benzene rings is 1. The van der Waals surface area contributed by atoms with Gasteiger partial charge in [0, 0.05) is 11.3 Å². The standard InChI is InChI=1S/C20H23N3O5S/c1-11-10-29-18-14(17(25)23(18)15(11)19(26)28-20(2,3)4)21-16(24)13(22-27)12-8-6-5-7-9-12/h5-9,14,18,27H,10H2,1-4H3,(H,21,24)/t14-,18+/m1/s1. The molecule has 0 spiro atoms. The lowest BCUT2D eigenvalue weighted by molar-refractivity contribution is -0.158. The average Bonchev–Trinajstić information content (AvgIpc) is 2.66. The molecule has 0 saturated carbocycles. The Morgan fingerprint density at radius 2 is 1.93 bits per heavy atom. The lowest BCUT2D eigenvalue weighted by atomic mass is 10.0. The third-order valence-electron chi connectivity index (χ3n) is 4.40. The fourth-order valence-corrected chi connectivity index (χ4v) is 4.42. The van der Waals surface area contributed by atoms with E-state index in [2.05, 4.69) is 10.5 Å². The molecule has 9 heteroatoms. The highest BCUT2D eigenvalue weighted by Gasteiger charge is 2.54. The van der Waals surface area contributed by atoms with Crippen LogP contribution in [0.15, 0.2) is 46.8 Å². The molecule has 1 aromatic carbocycles. The topological polar surface area (TPSA) is 108 Å². The highest BCUT2D eigenvalue weighted by Crippen LogP contribution is 2.40. The molecule has 0 aliphatic carbocycles. The molecule has 2 heterocycles. The summed E-state index contributed by atoms with van der Waals surface area (Å²) in [5.74, 6) is -1.08. The van der Waals surface area contributed by atoms with Crippen molar-refractivity contribution >= 4 is 35.3 Å². The summed E-state index contributed by atoms with van der Waals surface area (Å²) in [7, 11) is 0. The fourth-order valence-electron chi connectivity index (χ4n) is 3.13. The fraction of sp³-hybridized carbons (Fsp3) is 0.400. The van der Waals surface area contributed by atoms with Gasteiger partial charge in [0.1, 0.15) is 22.7 Å². The molecule has 29 heavy (non-hydrogen) atoms. The summed E-state index contributed by atoms with van der Waals surface area (Å²) in [4.78, 5) is 39.3. The lowest BCUT2D eigenvalue weighted by Crippen LogP contribution is -2.71. The maximum atomic E-state index is 12.8. The van der Waals surface area contributed by atoms with Crippen LogP contribution in [-0.4, -0.2) is 56.4 Å². The van der Waals surface area contributed by atoms with Crippen molar-refractivity contribution in [2.75, 3.05) is 5.75 Å². The van der Waals surface area contributed by atoms with Gasteiger partial charge in [-0.25, -0.2) is 4.79 Å². The number of carbonyl (C=O) groups excluding carboxylic acids is 3. The van der Waals surface area contributed by atoms with Gasteiger partial charge >= 0.3 is 5.97 Å². The predicted octanol–water partition coefficient (Wildman–Crippen LogP) is 1.88. The molecule has 2 atom stereocenters. The van der Waals surface area contributed by atoms with Crippen molar-refractivity contribution in [3.8, 4) is 0 Å². The van der Waals surface area contributed by atoms with Crippen molar-refractivity contribution < 1.29 is 24.3 Å². The summed E-state index contributed by atoms with van der Waals surface area (Å²) >= 11 is 1.45. The van der Waals surface area contributed by atoms with E-state index >= 15 is 0 Å². The highest BCUT2D eigenvalue weighted by molar-refractivity contribution is 8.00. The molecule has 2 aliphatic heterocycles. The molecule has 0 unspecified atom stereocenters. The zero-order valence-electron chi connectivity index (χ0n) is 16.6. The highest BCUT2D eigenvalue weighted by atomic mass is 32.2. The van der Waals surface area contributed by atoms with E-state index in [9.17, 15) is 19.6 Å². The molecule has 1 saturated heterocycles. The van der Waals surface area contributed by atoms with Crippen LogP contribution >= 0.6 is 11.8 Å². The molecule has 1 fully saturated rings. The van der Waals surface area contributed by atoms with Crippen LogP contribution in [0.4, 0.5) is 0 Å². The van der Waals surface area contributed by atoms with Crippen molar-refractivity contribution in [1.29, 1.82) is 0 Å². The quantitative estimate of drug-likeness (QED) is 0.255. The number of hydrogen-bond donors (Lipinski definition) is 2. The van der Waals surface area contributed by atoms with Crippen LogP contribution in [-0.2, 0) is 19.1 Å². The second kappa shape index (κ2) is 7.90. The van der Waals surface area contributed by atoms with Gasteiger partial charge in [-0.1, -0.05) is 35.5 Å². The first-order valence-corrected chi connectivity index (χ1v) is 10.1. The lowest BCUT2D eigenvalue weighted by Gasteiger charge is -2.49. The number of rotatable bonds is 4. The number of thioether (sulfide) groups is 1. The average molecular weight is 417 g/mol. The Morgan fingerprint density at radius 3 is 2.52 bits per heavy atom. The van der Waals surface area contributed by atoms with Crippen molar-refractivity contribution in [2.24, 2.45) is 5.16 Å². The summed E-state index contributed by atoms with van der Waals surface area (Å²) in [5, 5.41) is 14.5. The van der Waals surface area contributed by atoms with Gasteiger partial charge in [-0.15, -0.1) is 11.8 Å². The summed E-state index contributed by atoms with van der Waals surface area (Å²) in [6.07, 6.45) is 0. The minimum absolute atomic E-state index is 0.184. The van der Waals surface area contributed by atoms with E-state index in [1.165, 1.54) is 16.7 Å². The van der Waals surface area contributed by atoms with E-state index in [1.54, 1.807) is 58.0 Å². The van der Waals surface area contributed by atoms with Crippen LogP contribution in [0.3, 0.4) is 0 Å². The van der Waals surface area contributed by atoms with Gasteiger partial charge in [0.15, 0.2) is 5.71 Å². The summed E-state index contributed by atoms with van der Waals surface area (Å²) < 4.78 is 5.44. The number of fused-ring (bicyclic) bond motifs is 1. The smallest absolute Gasteiger partial charge is 0.355 e. The molecule has 0 radical (unpaired) electrons. The number of hydrogen-bond acceptors (Lipinski definition) is 7. The number of amides is 2. The summed E-state index contributed by atoms with van der Waals surface area (Å²) in [6, 6.07) is 7.63. The number of carbonyl (C=O) groups is 3. The van der Waals surface area contributed by atoms with Crippen LogP contribution in [0.25, 0.3) is 0 Å². The van der Waals surface area contributed by atoms with Crippen LogP contribution in [0.5, 0.6) is 0 Å². The molecule has 0 aromatic heterocycles. The molecule has 2 N–H and O–H groups in total. The minimum atomic E-state index is -0.821. The Morgan fingerprint density at radius 1 is 1.28 bits per heavy atom. The second-order valence-electron chi connectivity index (χ2n) is 7.81. The number of nitrogens with one attached hydrogen (secondary N) is 1. The minimum Gasteiger partial charge on any atom is -0.455 e. The first-order chi connectivity index (χ1) is 13.6. The van der Waals surface area contributed by atoms with Gasteiger partial charge in [0.05, 0.1) is 0 Å². The monoisotopic (exact) mass is 417 g/mol. The number of β-lactam (4-membered cyclic amide) rings is 1. The van der Waals surface area contributed by atoms with E-state index in [1.807, 2.05) is 0 Å². The molecular formula is C20H23N3O5S. The van der Waals surface area contributed by atoms with Crippen molar-refractivity contribution in [3.05, 3.63) is 47.2 Å². The Hall–Kier alpha value is -2.81. The third-order valence-corrected chi connectivity index (χ3v) is 5.82. The Bertz CT molecular complexity index is 904.